The van der Waals surface area contributed by atoms with Crippen LogP contribution in [0.25, 0.3) is 0 Å². The molecule has 0 spiro atoms. The summed E-state index contributed by atoms with van der Waals surface area (Å²) in [5.41, 5.74) is 6.03. The molecule has 1 fully saturated rings. The summed E-state index contributed by atoms with van der Waals surface area (Å²) in [4.78, 5) is 13.6. The minimum absolute atomic E-state index is 0.194. The zero-order chi connectivity index (χ0) is 12.0. The summed E-state index contributed by atoms with van der Waals surface area (Å²) >= 11 is 0. The highest BCUT2D eigenvalue weighted by Crippen LogP contribution is 2.25. The van der Waals surface area contributed by atoms with Gasteiger partial charge < -0.3 is 15.4 Å². The summed E-state index contributed by atoms with van der Waals surface area (Å²) < 4.78 is 4.96. The van der Waals surface area contributed by atoms with Crippen molar-refractivity contribution in [3.8, 4) is 0 Å². The molecule has 2 unspecified atom stereocenters. The summed E-state index contributed by atoms with van der Waals surface area (Å²) in [7, 11) is 3.48. The van der Waals surface area contributed by atoms with Gasteiger partial charge in [0.05, 0.1) is 6.61 Å². The van der Waals surface area contributed by atoms with E-state index in [9.17, 15) is 4.79 Å². The SMILES string of the molecule is COCCN(C)C(=O)CC1CCCCC1N. The number of hydrogen-bond acceptors (Lipinski definition) is 3. The standard InChI is InChI=1S/C12H24N2O2/c1-14(7-8-16-2)12(15)9-10-5-3-4-6-11(10)13/h10-11H,3-9,13H2,1-2H3. The average molecular weight is 228 g/mol. The van der Waals surface area contributed by atoms with Gasteiger partial charge in [-0.15, -0.1) is 0 Å². The minimum atomic E-state index is 0.194. The summed E-state index contributed by atoms with van der Waals surface area (Å²) in [5.74, 6) is 0.575. The van der Waals surface area contributed by atoms with Crippen molar-refractivity contribution in [1.29, 1.82) is 0 Å². The average Bonchev–Trinajstić information content (AvgIpc) is 2.28. The molecule has 0 heterocycles. The second-order valence-corrected chi connectivity index (χ2v) is 4.72. The molecule has 1 rings (SSSR count). The van der Waals surface area contributed by atoms with E-state index in [-0.39, 0.29) is 11.9 Å². The Morgan fingerprint density at radius 3 is 2.75 bits per heavy atom. The molecular formula is C12H24N2O2. The zero-order valence-electron chi connectivity index (χ0n) is 10.4. The molecule has 0 aromatic rings. The zero-order valence-corrected chi connectivity index (χ0v) is 10.4. The van der Waals surface area contributed by atoms with E-state index in [1.165, 1.54) is 12.8 Å². The molecular weight excluding hydrogens is 204 g/mol. The summed E-state index contributed by atoms with van der Waals surface area (Å²) in [6.07, 6.45) is 5.20. The van der Waals surface area contributed by atoms with Gasteiger partial charge in [0.15, 0.2) is 0 Å². The second-order valence-electron chi connectivity index (χ2n) is 4.72. The lowest BCUT2D eigenvalue weighted by molar-refractivity contribution is -0.131. The highest BCUT2D eigenvalue weighted by Gasteiger charge is 2.25. The van der Waals surface area contributed by atoms with Gasteiger partial charge in [-0.05, 0) is 18.8 Å². The van der Waals surface area contributed by atoms with E-state index < -0.39 is 0 Å². The molecule has 0 aromatic heterocycles. The fraction of sp³-hybridized carbons (Fsp3) is 0.917. The minimum Gasteiger partial charge on any atom is -0.383 e. The first-order valence-electron chi connectivity index (χ1n) is 6.13. The van der Waals surface area contributed by atoms with Crippen molar-refractivity contribution < 1.29 is 9.53 Å². The Bertz CT molecular complexity index is 221. The van der Waals surface area contributed by atoms with Crippen LogP contribution in [0.3, 0.4) is 0 Å². The third kappa shape index (κ3) is 4.10. The smallest absolute Gasteiger partial charge is 0.222 e. The Balaban J connectivity index is 2.31. The molecule has 1 aliphatic carbocycles. The first-order valence-corrected chi connectivity index (χ1v) is 6.13. The maximum Gasteiger partial charge on any atom is 0.222 e. The van der Waals surface area contributed by atoms with Crippen LogP contribution in [0.15, 0.2) is 0 Å². The van der Waals surface area contributed by atoms with Gasteiger partial charge in [-0.25, -0.2) is 0 Å². The van der Waals surface area contributed by atoms with Gasteiger partial charge in [0.25, 0.3) is 0 Å². The Morgan fingerprint density at radius 1 is 1.44 bits per heavy atom. The number of likely N-dealkylation sites (N-methyl/N-ethyl adjacent to an activating group) is 1. The Hall–Kier alpha value is -0.610. The van der Waals surface area contributed by atoms with Crippen LogP contribution < -0.4 is 5.73 Å². The van der Waals surface area contributed by atoms with E-state index in [1.54, 1.807) is 12.0 Å². The van der Waals surface area contributed by atoms with Gasteiger partial charge in [-0.1, -0.05) is 12.8 Å². The topological polar surface area (TPSA) is 55.6 Å². The van der Waals surface area contributed by atoms with Crippen LogP contribution in [0, 0.1) is 5.92 Å². The molecule has 2 N–H and O–H groups in total. The molecule has 4 heteroatoms. The fourth-order valence-corrected chi connectivity index (χ4v) is 2.22. The number of amides is 1. The third-order valence-corrected chi connectivity index (χ3v) is 3.46. The van der Waals surface area contributed by atoms with Crippen LogP contribution in [-0.2, 0) is 9.53 Å². The predicted molar refractivity (Wildman–Crippen MR) is 64.1 cm³/mol. The predicted octanol–water partition coefficient (Wildman–Crippen LogP) is 0.999. The van der Waals surface area contributed by atoms with Crippen LogP contribution in [0.5, 0.6) is 0 Å². The molecule has 1 saturated carbocycles. The van der Waals surface area contributed by atoms with Crippen molar-refractivity contribution in [2.45, 2.75) is 38.1 Å². The summed E-state index contributed by atoms with van der Waals surface area (Å²) in [6, 6.07) is 0.216. The number of hydrogen-bond donors (Lipinski definition) is 1. The number of nitrogens with zero attached hydrogens (tertiary/aromatic N) is 1. The quantitative estimate of drug-likeness (QED) is 0.763. The number of rotatable bonds is 5. The van der Waals surface area contributed by atoms with E-state index in [0.29, 0.717) is 25.5 Å². The van der Waals surface area contributed by atoms with Crippen LogP contribution >= 0.6 is 0 Å². The first-order chi connectivity index (χ1) is 7.65. The summed E-state index contributed by atoms with van der Waals surface area (Å²) in [5, 5.41) is 0. The van der Waals surface area contributed by atoms with E-state index in [4.69, 9.17) is 10.5 Å². The van der Waals surface area contributed by atoms with Gasteiger partial charge >= 0.3 is 0 Å². The molecule has 0 saturated heterocycles. The van der Waals surface area contributed by atoms with Gasteiger partial charge in [-0.3, -0.25) is 4.79 Å². The molecule has 0 aromatic carbocycles. The lowest BCUT2D eigenvalue weighted by Crippen LogP contribution is -2.38. The van der Waals surface area contributed by atoms with E-state index in [2.05, 4.69) is 0 Å². The largest absolute Gasteiger partial charge is 0.383 e. The van der Waals surface area contributed by atoms with Crippen molar-refractivity contribution in [3.05, 3.63) is 0 Å². The molecule has 0 aliphatic heterocycles. The molecule has 0 radical (unpaired) electrons. The maximum absolute atomic E-state index is 11.9. The van der Waals surface area contributed by atoms with Crippen molar-refractivity contribution in [2.24, 2.45) is 11.7 Å². The van der Waals surface area contributed by atoms with E-state index in [0.717, 1.165) is 12.8 Å². The van der Waals surface area contributed by atoms with Crippen LogP contribution in [0.2, 0.25) is 0 Å². The fourth-order valence-electron chi connectivity index (χ4n) is 2.22. The Labute approximate surface area is 98.1 Å². The van der Waals surface area contributed by atoms with Crippen LogP contribution in [0.4, 0.5) is 0 Å². The molecule has 4 nitrogen and oxygen atoms in total. The molecule has 2 atom stereocenters. The Kier molecular flexibility index (Phi) is 5.77. The lowest BCUT2D eigenvalue weighted by Gasteiger charge is -2.29. The van der Waals surface area contributed by atoms with E-state index in [1.807, 2.05) is 7.05 Å². The number of carbonyl (C=O) groups is 1. The lowest BCUT2D eigenvalue weighted by atomic mass is 9.83. The number of methoxy groups -OCH3 is 1. The number of carbonyl (C=O) groups excluding carboxylic acids is 1. The van der Waals surface area contributed by atoms with Gasteiger partial charge in [-0.2, -0.15) is 0 Å². The third-order valence-electron chi connectivity index (χ3n) is 3.46. The monoisotopic (exact) mass is 228 g/mol. The molecule has 16 heavy (non-hydrogen) atoms. The molecule has 1 amide bonds. The normalized spacial score (nSPS) is 25.4. The van der Waals surface area contributed by atoms with Crippen molar-refractivity contribution in [3.63, 3.8) is 0 Å². The van der Waals surface area contributed by atoms with Crippen molar-refractivity contribution in [1.82, 2.24) is 4.90 Å². The highest BCUT2D eigenvalue weighted by atomic mass is 16.5. The van der Waals surface area contributed by atoms with Crippen LogP contribution in [0.1, 0.15) is 32.1 Å². The number of ether oxygens (including phenoxy) is 1. The summed E-state index contributed by atoms with van der Waals surface area (Å²) in [6.45, 7) is 1.26. The Morgan fingerprint density at radius 2 is 2.12 bits per heavy atom. The van der Waals surface area contributed by atoms with Crippen molar-refractivity contribution >= 4 is 5.91 Å². The van der Waals surface area contributed by atoms with Gasteiger partial charge in [0.2, 0.25) is 5.91 Å². The second kappa shape index (κ2) is 6.86. The maximum atomic E-state index is 11.9. The van der Waals surface area contributed by atoms with Crippen LogP contribution in [-0.4, -0.2) is 44.2 Å². The van der Waals surface area contributed by atoms with Gasteiger partial charge in [0.1, 0.15) is 0 Å². The molecule has 94 valence electrons. The molecule has 0 bridgehead atoms. The highest BCUT2D eigenvalue weighted by molar-refractivity contribution is 5.76. The van der Waals surface area contributed by atoms with Gasteiger partial charge in [0, 0.05) is 33.2 Å². The molecule has 1 aliphatic rings. The van der Waals surface area contributed by atoms with E-state index >= 15 is 0 Å². The van der Waals surface area contributed by atoms with Crippen molar-refractivity contribution in [2.75, 3.05) is 27.3 Å². The number of nitrogens with two attached hydrogens (primary N) is 1. The first kappa shape index (κ1) is 13.5.